The molecule has 2 heterocycles. The molecule has 0 spiro atoms. The largest absolute Gasteiger partial charge is 0.480 e. The number of hydrogen-bond donors (Lipinski definition) is 1. The lowest BCUT2D eigenvalue weighted by Gasteiger charge is -2.34. The number of hydrogen-bond acceptors (Lipinski definition) is 4. The van der Waals surface area contributed by atoms with Crippen LogP contribution in [0.2, 0.25) is 0 Å². The quantitative estimate of drug-likeness (QED) is 0.924. The van der Waals surface area contributed by atoms with E-state index in [1.165, 1.54) is 5.56 Å². The van der Waals surface area contributed by atoms with Crippen molar-refractivity contribution in [2.75, 3.05) is 37.6 Å². The molecule has 1 fully saturated rings. The summed E-state index contributed by atoms with van der Waals surface area (Å²) in [7, 11) is 0. The smallest absolute Gasteiger partial charge is 0.317 e. The molecule has 1 aromatic heterocycles. The molecule has 2 aromatic rings. The molecule has 0 aliphatic carbocycles. The molecule has 0 bridgehead atoms. The van der Waals surface area contributed by atoms with Crippen LogP contribution in [0.25, 0.3) is 5.69 Å². The molecule has 1 N–H and O–H groups in total. The van der Waals surface area contributed by atoms with Gasteiger partial charge < -0.3 is 10.0 Å². The summed E-state index contributed by atoms with van der Waals surface area (Å²) >= 11 is 0. The Balaban J connectivity index is 1.73. The fourth-order valence-electron chi connectivity index (χ4n) is 2.73. The van der Waals surface area contributed by atoms with Crippen LogP contribution in [0.4, 0.5) is 5.95 Å². The van der Waals surface area contributed by atoms with E-state index >= 15 is 0 Å². The van der Waals surface area contributed by atoms with Gasteiger partial charge in [-0.1, -0.05) is 17.7 Å². The number of benzene rings is 1. The van der Waals surface area contributed by atoms with Crippen LogP contribution in [0.5, 0.6) is 0 Å². The average molecular weight is 300 g/mol. The van der Waals surface area contributed by atoms with Gasteiger partial charge in [-0.25, -0.2) is 4.98 Å². The third-order valence-corrected chi connectivity index (χ3v) is 3.95. The first-order valence-corrected chi connectivity index (χ1v) is 7.43. The number of carbonyl (C=O) groups is 1. The number of aryl methyl sites for hydroxylation is 1. The summed E-state index contributed by atoms with van der Waals surface area (Å²) in [6, 6.07) is 8.34. The topological polar surface area (TPSA) is 61.6 Å². The van der Waals surface area contributed by atoms with Crippen molar-refractivity contribution >= 4 is 11.9 Å². The predicted octanol–water partition coefficient (Wildman–Crippen LogP) is 1.39. The van der Waals surface area contributed by atoms with Gasteiger partial charge in [0.15, 0.2) is 0 Å². The van der Waals surface area contributed by atoms with E-state index in [2.05, 4.69) is 45.6 Å². The van der Waals surface area contributed by atoms with Gasteiger partial charge in [0.1, 0.15) is 0 Å². The molecule has 1 saturated heterocycles. The van der Waals surface area contributed by atoms with E-state index < -0.39 is 5.97 Å². The van der Waals surface area contributed by atoms with Gasteiger partial charge in [0.2, 0.25) is 5.95 Å². The van der Waals surface area contributed by atoms with E-state index in [0.29, 0.717) is 0 Å². The zero-order valence-corrected chi connectivity index (χ0v) is 12.6. The summed E-state index contributed by atoms with van der Waals surface area (Å²) in [5, 5.41) is 8.86. The summed E-state index contributed by atoms with van der Waals surface area (Å²) in [4.78, 5) is 19.4. The number of nitrogens with zero attached hydrogens (tertiary/aromatic N) is 4. The van der Waals surface area contributed by atoms with E-state index in [0.717, 1.165) is 37.8 Å². The highest BCUT2D eigenvalue weighted by Gasteiger charge is 2.21. The molecule has 0 saturated carbocycles. The molecule has 0 unspecified atom stereocenters. The van der Waals surface area contributed by atoms with Crippen molar-refractivity contribution in [2.45, 2.75) is 6.92 Å². The molecule has 116 valence electrons. The Labute approximate surface area is 129 Å². The second-order valence-electron chi connectivity index (χ2n) is 5.59. The minimum Gasteiger partial charge on any atom is -0.480 e. The summed E-state index contributed by atoms with van der Waals surface area (Å²) in [6.07, 6.45) is 3.77. The number of aliphatic carboxylic acids is 1. The highest BCUT2D eigenvalue weighted by molar-refractivity contribution is 5.69. The van der Waals surface area contributed by atoms with Gasteiger partial charge in [0.05, 0.1) is 6.54 Å². The molecule has 1 aliphatic rings. The zero-order valence-electron chi connectivity index (χ0n) is 12.6. The van der Waals surface area contributed by atoms with Gasteiger partial charge in [0, 0.05) is 44.3 Å². The second-order valence-corrected chi connectivity index (χ2v) is 5.59. The minimum absolute atomic E-state index is 0.111. The fraction of sp³-hybridized carbons (Fsp3) is 0.375. The normalized spacial score (nSPS) is 16.0. The van der Waals surface area contributed by atoms with Crippen LogP contribution >= 0.6 is 0 Å². The lowest BCUT2D eigenvalue weighted by atomic mass is 10.2. The molecular formula is C16H20N4O2. The number of carboxylic acid groups (broad SMARTS) is 1. The van der Waals surface area contributed by atoms with E-state index in [4.69, 9.17) is 5.11 Å². The van der Waals surface area contributed by atoms with Gasteiger partial charge in [-0.05, 0) is 19.1 Å². The Morgan fingerprint density at radius 3 is 2.50 bits per heavy atom. The number of imidazole rings is 1. The van der Waals surface area contributed by atoms with E-state index in [1.807, 2.05) is 11.1 Å². The van der Waals surface area contributed by atoms with Gasteiger partial charge in [0.25, 0.3) is 0 Å². The van der Waals surface area contributed by atoms with Crippen molar-refractivity contribution in [2.24, 2.45) is 0 Å². The molecule has 0 radical (unpaired) electrons. The van der Waals surface area contributed by atoms with Crippen LogP contribution in [0.1, 0.15) is 5.56 Å². The van der Waals surface area contributed by atoms with E-state index in [-0.39, 0.29) is 6.54 Å². The van der Waals surface area contributed by atoms with Crippen LogP contribution in [-0.4, -0.2) is 58.3 Å². The first-order chi connectivity index (χ1) is 10.6. The van der Waals surface area contributed by atoms with Gasteiger partial charge >= 0.3 is 5.97 Å². The Morgan fingerprint density at radius 1 is 1.18 bits per heavy atom. The van der Waals surface area contributed by atoms with Gasteiger partial charge in [-0.2, -0.15) is 0 Å². The van der Waals surface area contributed by atoms with Crippen LogP contribution < -0.4 is 4.90 Å². The fourth-order valence-corrected chi connectivity index (χ4v) is 2.73. The molecule has 0 amide bonds. The maximum absolute atomic E-state index is 10.8. The van der Waals surface area contributed by atoms with Crippen LogP contribution in [0, 0.1) is 6.92 Å². The van der Waals surface area contributed by atoms with Gasteiger partial charge in [-0.3, -0.25) is 14.3 Å². The predicted molar refractivity (Wildman–Crippen MR) is 84.6 cm³/mol. The number of anilines is 1. The van der Waals surface area contributed by atoms with E-state index in [9.17, 15) is 4.79 Å². The second kappa shape index (κ2) is 6.19. The first kappa shape index (κ1) is 14.6. The van der Waals surface area contributed by atoms with Crippen LogP contribution in [0.3, 0.4) is 0 Å². The third-order valence-electron chi connectivity index (χ3n) is 3.95. The molecule has 22 heavy (non-hydrogen) atoms. The highest BCUT2D eigenvalue weighted by Crippen LogP contribution is 2.20. The zero-order chi connectivity index (χ0) is 15.5. The molecule has 6 heteroatoms. The lowest BCUT2D eigenvalue weighted by Crippen LogP contribution is -2.48. The number of rotatable bonds is 4. The summed E-state index contributed by atoms with van der Waals surface area (Å²) in [5.74, 6) is 0.147. The first-order valence-electron chi connectivity index (χ1n) is 7.43. The highest BCUT2D eigenvalue weighted by atomic mass is 16.4. The minimum atomic E-state index is -0.769. The maximum Gasteiger partial charge on any atom is 0.317 e. The molecule has 6 nitrogen and oxygen atoms in total. The molecule has 1 aromatic carbocycles. The van der Waals surface area contributed by atoms with Crippen molar-refractivity contribution in [3.05, 3.63) is 42.2 Å². The Kier molecular flexibility index (Phi) is 4.11. The molecule has 3 rings (SSSR count). The Bertz CT molecular complexity index is 642. The summed E-state index contributed by atoms with van der Waals surface area (Å²) in [6.45, 7) is 5.24. The Morgan fingerprint density at radius 2 is 1.86 bits per heavy atom. The monoisotopic (exact) mass is 300 g/mol. The van der Waals surface area contributed by atoms with Crippen molar-refractivity contribution in [1.82, 2.24) is 14.5 Å². The number of piperazine rings is 1. The van der Waals surface area contributed by atoms with Crippen molar-refractivity contribution < 1.29 is 9.90 Å². The Hall–Kier alpha value is -2.34. The van der Waals surface area contributed by atoms with Crippen LogP contribution in [0.15, 0.2) is 36.7 Å². The van der Waals surface area contributed by atoms with Crippen molar-refractivity contribution in [3.8, 4) is 5.69 Å². The number of aromatic nitrogens is 2. The van der Waals surface area contributed by atoms with Gasteiger partial charge in [-0.15, -0.1) is 0 Å². The molecule has 1 aliphatic heterocycles. The van der Waals surface area contributed by atoms with Crippen LogP contribution in [-0.2, 0) is 4.79 Å². The number of carboxylic acids is 1. The summed E-state index contributed by atoms with van der Waals surface area (Å²) < 4.78 is 2.08. The standard InChI is InChI=1S/C16H20N4O2/c1-13-2-4-14(5-3-13)20-7-6-17-16(20)19-10-8-18(9-11-19)12-15(21)22/h2-7H,8-12H2,1H3,(H,21,22). The molecular weight excluding hydrogens is 280 g/mol. The SMILES string of the molecule is Cc1ccc(-n2ccnc2N2CCN(CC(=O)O)CC2)cc1. The lowest BCUT2D eigenvalue weighted by molar-refractivity contribution is -0.138. The molecule has 0 atom stereocenters. The van der Waals surface area contributed by atoms with E-state index in [1.54, 1.807) is 6.20 Å². The maximum atomic E-state index is 10.8. The average Bonchev–Trinajstić information content (AvgIpc) is 2.97. The third kappa shape index (κ3) is 3.12. The summed E-state index contributed by atoms with van der Waals surface area (Å²) in [5.41, 5.74) is 2.32. The van der Waals surface area contributed by atoms with Crippen molar-refractivity contribution in [1.29, 1.82) is 0 Å². The van der Waals surface area contributed by atoms with Crippen molar-refractivity contribution in [3.63, 3.8) is 0 Å².